The summed E-state index contributed by atoms with van der Waals surface area (Å²) in [5.74, 6) is 1.05. The van der Waals surface area contributed by atoms with Crippen LogP contribution >= 0.6 is 28.8 Å². The summed E-state index contributed by atoms with van der Waals surface area (Å²) in [7, 11) is 1.69. The number of nitrogens with zero attached hydrogens (tertiary/aromatic N) is 1. The average molecular weight is 273 g/mol. The number of hydrogen-bond acceptors (Lipinski definition) is 5. The van der Waals surface area contributed by atoms with Gasteiger partial charge in [0.1, 0.15) is 0 Å². The van der Waals surface area contributed by atoms with E-state index in [-0.39, 0.29) is 0 Å². The second kappa shape index (κ2) is 7.99. The van der Waals surface area contributed by atoms with E-state index in [4.69, 9.17) is 16.3 Å². The Morgan fingerprint density at radius 2 is 2.21 bits per heavy atom. The van der Waals surface area contributed by atoms with E-state index in [9.17, 15) is 4.79 Å². The van der Waals surface area contributed by atoms with Gasteiger partial charge in [-0.2, -0.15) is 11.8 Å². The fourth-order valence-corrected chi connectivity index (χ4v) is 7.67. The van der Waals surface area contributed by atoms with Gasteiger partial charge in [-0.25, -0.2) is 0 Å². The molecule has 0 saturated heterocycles. The lowest BCUT2D eigenvalue weighted by atomic mass is 10.9. The molecular formula is C7H16NO2PS3. The molecule has 0 radical (unpaired) electrons. The summed E-state index contributed by atoms with van der Waals surface area (Å²) in [5.41, 5.74) is -2.15. The van der Waals surface area contributed by atoms with E-state index in [1.54, 1.807) is 30.2 Å². The van der Waals surface area contributed by atoms with Crippen molar-refractivity contribution in [2.75, 3.05) is 24.5 Å². The lowest BCUT2D eigenvalue weighted by molar-refractivity contribution is -0.113. The molecule has 0 aromatic carbocycles. The van der Waals surface area contributed by atoms with Gasteiger partial charge >= 0.3 is 0 Å². The Labute approximate surface area is 99.2 Å². The first kappa shape index (κ1) is 14.8. The summed E-state index contributed by atoms with van der Waals surface area (Å²) in [6.07, 6.45) is 0.750. The lowest BCUT2D eigenvalue weighted by Gasteiger charge is -2.26. The van der Waals surface area contributed by atoms with Crippen molar-refractivity contribution in [2.45, 2.75) is 13.8 Å². The number of carbonyl (C=O) groups excluding carboxylic acids is 1. The molecule has 0 fully saturated rings. The highest BCUT2D eigenvalue weighted by Crippen LogP contribution is 2.62. The van der Waals surface area contributed by atoms with Gasteiger partial charge in [0.25, 0.3) is 0 Å². The summed E-state index contributed by atoms with van der Waals surface area (Å²) < 4.78 is 6.99. The molecule has 1 unspecified atom stereocenters. The predicted molar refractivity (Wildman–Crippen MR) is 70.3 cm³/mol. The van der Waals surface area contributed by atoms with Gasteiger partial charge in [0, 0.05) is 12.1 Å². The van der Waals surface area contributed by atoms with Crippen LogP contribution in [0.4, 0.5) is 0 Å². The molecule has 0 spiro atoms. The van der Waals surface area contributed by atoms with Crippen molar-refractivity contribution < 1.29 is 9.32 Å². The second-order valence-electron chi connectivity index (χ2n) is 2.31. The summed E-state index contributed by atoms with van der Waals surface area (Å²) in [4.78, 5) is 10.6. The van der Waals surface area contributed by atoms with Crippen LogP contribution in [-0.2, 0) is 21.1 Å². The molecule has 1 amide bonds. The van der Waals surface area contributed by atoms with Crippen molar-refractivity contribution in [3.8, 4) is 0 Å². The number of rotatable bonds is 8. The van der Waals surface area contributed by atoms with Gasteiger partial charge in [0.2, 0.25) is 12.0 Å². The van der Waals surface area contributed by atoms with Crippen LogP contribution in [0.1, 0.15) is 13.8 Å². The van der Waals surface area contributed by atoms with Crippen LogP contribution in [0.5, 0.6) is 0 Å². The minimum absolute atomic E-state index is 0.555. The summed E-state index contributed by atoms with van der Waals surface area (Å²) >= 11 is 8.73. The van der Waals surface area contributed by atoms with Crippen LogP contribution in [-0.4, -0.2) is 35.6 Å². The fourth-order valence-electron chi connectivity index (χ4n) is 0.627. The number of amides is 1. The zero-order valence-electron chi connectivity index (χ0n) is 8.63. The summed E-state index contributed by atoms with van der Waals surface area (Å²) in [5, 5.41) is 0.881. The first-order valence-electron chi connectivity index (χ1n) is 4.26. The molecule has 0 saturated carbocycles. The molecule has 0 aromatic heterocycles. The molecule has 7 heteroatoms. The van der Waals surface area contributed by atoms with Gasteiger partial charge in [-0.1, -0.05) is 18.3 Å². The zero-order chi connectivity index (χ0) is 11.0. The molecule has 0 N–H and O–H groups in total. The van der Waals surface area contributed by atoms with E-state index < -0.39 is 5.62 Å². The molecule has 0 aliphatic carbocycles. The normalized spacial score (nSPS) is 14.8. The Morgan fingerprint density at radius 3 is 2.64 bits per heavy atom. The van der Waals surface area contributed by atoms with Crippen molar-refractivity contribution in [2.24, 2.45) is 0 Å². The standard InChI is InChI=1S/C7H16NO2PS3/c1-4-10-11(12,8(3)6-9)14-7-13-5-2/h6H,4-5,7H2,1-3H3. The minimum Gasteiger partial charge on any atom is -0.327 e. The van der Waals surface area contributed by atoms with E-state index in [0.717, 1.165) is 17.2 Å². The molecule has 84 valence electrons. The minimum atomic E-state index is -2.15. The van der Waals surface area contributed by atoms with Crippen LogP contribution in [0.3, 0.4) is 0 Å². The van der Waals surface area contributed by atoms with E-state index in [0.29, 0.717) is 6.61 Å². The van der Waals surface area contributed by atoms with Crippen molar-refractivity contribution in [3.05, 3.63) is 0 Å². The SMILES string of the molecule is CCOP(=S)(SCSCC)N(C)C=O. The fraction of sp³-hybridized carbons (Fsp3) is 0.857. The molecule has 1 atom stereocenters. The number of carbonyl (C=O) groups is 1. The summed E-state index contributed by atoms with van der Waals surface area (Å²) in [6.45, 7) is 4.55. The Morgan fingerprint density at radius 1 is 1.57 bits per heavy atom. The topological polar surface area (TPSA) is 29.5 Å². The Kier molecular flexibility index (Phi) is 8.44. The largest absolute Gasteiger partial charge is 0.327 e. The van der Waals surface area contributed by atoms with E-state index in [1.807, 2.05) is 6.92 Å². The van der Waals surface area contributed by atoms with Crippen molar-refractivity contribution in [1.82, 2.24) is 4.67 Å². The predicted octanol–water partition coefficient (Wildman–Crippen LogP) is 2.78. The van der Waals surface area contributed by atoms with E-state index in [1.165, 1.54) is 4.67 Å². The van der Waals surface area contributed by atoms with Gasteiger partial charge in [0.05, 0.1) is 6.61 Å². The third-order valence-electron chi connectivity index (χ3n) is 1.33. The monoisotopic (exact) mass is 273 g/mol. The van der Waals surface area contributed by atoms with Gasteiger partial charge in [-0.3, -0.25) is 9.46 Å². The maximum atomic E-state index is 10.6. The van der Waals surface area contributed by atoms with Crippen LogP contribution < -0.4 is 0 Å². The van der Waals surface area contributed by atoms with Crippen LogP contribution in [0.2, 0.25) is 0 Å². The van der Waals surface area contributed by atoms with Gasteiger partial charge < -0.3 is 4.52 Å². The Bertz CT molecular complexity index is 215. The van der Waals surface area contributed by atoms with Crippen LogP contribution in [0, 0.1) is 0 Å². The Hall–Kier alpha value is 0.780. The first-order chi connectivity index (χ1) is 6.60. The third-order valence-corrected chi connectivity index (χ3v) is 9.66. The third kappa shape index (κ3) is 5.03. The smallest absolute Gasteiger partial charge is 0.215 e. The number of hydrogen-bond donors (Lipinski definition) is 0. The summed E-state index contributed by atoms with van der Waals surface area (Å²) in [6, 6.07) is 0. The van der Waals surface area contributed by atoms with Crippen molar-refractivity contribution >= 4 is 47.0 Å². The van der Waals surface area contributed by atoms with Crippen LogP contribution in [0.25, 0.3) is 0 Å². The van der Waals surface area contributed by atoms with E-state index in [2.05, 4.69) is 6.92 Å². The molecule has 0 aromatic rings. The molecule has 3 nitrogen and oxygen atoms in total. The van der Waals surface area contributed by atoms with Crippen molar-refractivity contribution in [1.29, 1.82) is 0 Å². The van der Waals surface area contributed by atoms with Crippen LogP contribution in [0.15, 0.2) is 0 Å². The molecule has 0 bridgehead atoms. The van der Waals surface area contributed by atoms with Crippen molar-refractivity contribution in [3.63, 3.8) is 0 Å². The maximum absolute atomic E-state index is 10.6. The lowest BCUT2D eigenvalue weighted by Crippen LogP contribution is -2.12. The van der Waals surface area contributed by atoms with E-state index >= 15 is 0 Å². The van der Waals surface area contributed by atoms with Gasteiger partial charge in [0.15, 0.2) is 0 Å². The average Bonchev–Trinajstić information content (AvgIpc) is 2.17. The highest BCUT2D eigenvalue weighted by atomic mass is 32.9. The quantitative estimate of drug-likeness (QED) is 0.294. The Balaban J connectivity index is 4.24. The second-order valence-corrected chi connectivity index (χ2v) is 10.8. The zero-order valence-corrected chi connectivity index (χ0v) is 12.0. The molecule has 14 heavy (non-hydrogen) atoms. The molecule has 0 aliphatic rings. The number of thioether (sulfide) groups is 1. The highest BCUT2D eigenvalue weighted by Gasteiger charge is 2.22. The molecular weight excluding hydrogens is 257 g/mol. The van der Waals surface area contributed by atoms with Gasteiger partial charge in [-0.05, 0) is 24.5 Å². The first-order valence-corrected chi connectivity index (χ1v) is 9.68. The maximum Gasteiger partial charge on any atom is 0.215 e. The molecule has 0 aliphatic heterocycles. The highest BCUT2D eigenvalue weighted by molar-refractivity contribution is 8.70. The van der Waals surface area contributed by atoms with Gasteiger partial charge in [-0.15, -0.1) is 0 Å². The molecule has 0 rings (SSSR count). The molecule has 0 heterocycles.